The van der Waals surface area contributed by atoms with Crippen molar-refractivity contribution in [2.75, 3.05) is 6.61 Å². The highest BCUT2D eigenvalue weighted by Gasteiger charge is 2.03. The van der Waals surface area contributed by atoms with Gasteiger partial charge in [0, 0.05) is 0 Å². The summed E-state index contributed by atoms with van der Waals surface area (Å²) in [6.45, 7) is 6.71. The van der Waals surface area contributed by atoms with Gasteiger partial charge in [0.05, 0.1) is 13.2 Å². The molecule has 0 unspecified atom stereocenters. The van der Waals surface area contributed by atoms with Crippen LogP contribution in [0.15, 0.2) is 12.1 Å². The van der Waals surface area contributed by atoms with E-state index >= 15 is 0 Å². The zero-order valence-corrected chi connectivity index (χ0v) is 8.42. The summed E-state index contributed by atoms with van der Waals surface area (Å²) in [5.41, 5.74) is 3.13. The molecule has 0 aliphatic carbocycles. The third-order valence-corrected chi connectivity index (χ3v) is 2.10. The molecule has 2 heteroatoms. The van der Waals surface area contributed by atoms with E-state index in [0.717, 1.165) is 22.4 Å². The molecule has 13 heavy (non-hydrogen) atoms. The molecule has 0 aliphatic rings. The lowest BCUT2D eigenvalue weighted by Gasteiger charge is -2.10. The number of ether oxygens (including phenoxy) is 1. The minimum atomic E-state index is 0.0963. The number of aliphatic hydroxyl groups excluding tert-OH is 1. The van der Waals surface area contributed by atoms with Gasteiger partial charge in [-0.05, 0) is 49.6 Å². The van der Waals surface area contributed by atoms with Crippen molar-refractivity contribution in [3.8, 4) is 5.75 Å². The first-order chi connectivity index (χ1) is 6.19. The molecule has 0 heterocycles. The van der Waals surface area contributed by atoms with Crippen molar-refractivity contribution in [3.63, 3.8) is 0 Å². The van der Waals surface area contributed by atoms with Gasteiger partial charge in [-0.25, -0.2) is 0 Å². The molecule has 1 aromatic rings. The summed E-state index contributed by atoms with van der Waals surface area (Å²) >= 11 is 0. The lowest BCUT2D eigenvalue weighted by Crippen LogP contribution is -1.97. The molecule has 2 nitrogen and oxygen atoms in total. The molecule has 0 atom stereocenters. The Hall–Kier alpha value is -1.02. The molecule has 0 radical (unpaired) electrons. The standard InChI is InChI=1S/C11H16O2/c1-4-13-11-6-8(2)10(7-12)5-9(11)3/h5-6,12H,4,7H2,1-3H3. The minimum absolute atomic E-state index is 0.0963. The first kappa shape index (κ1) is 10.1. The molecule has 0 spiro atoms. The van der Waals surface area contributed by atoms with E-state index in [1.807, 2.05) is 32.9 Å². The lowest BCUT2D eigenvalue weighted by molar-refractivity contribution is 0.280. The molecule has 0 aromatic heterocycles. The Kier molecular flexibility index (Phi) is 3.32. The molecule has 0 saturated carbocycles. The van der Waals surface area contributed by atoms with Crippen molar-refractivity contribution < 1.29 is 9.84 Å². The molecule has 1 rings (SSSR count). The molecule has 0 fully saturated rings. The average molecular weight is 180 g/mol. The first-order valence-corrected chi connectivity index (χ1v) is 4.52. The average Bonchev–Trinajstić information content (AvgIpc) is 2.11. The monoisotopic (exact) mass is 180 g/mol. The van der Waals surface area contributed by atoms with E-state index in [1.54, 1.807) is 0 Å². The van der Waals surface area contributed by atoms with E-state index in [2.05, 4.69) is 0 Å². The van der Waals surface area contributed by atoms with Gasteiger partial charge >= 0.3 is 0 Å². The highest BCUT2D eigenvalue weighted by Crippen LogP contribution is 2.22. The Morgan fingerprint density at radius 1 is 1.23 bits per heavy atom. The van der Waals surface area contributed by atoms with Gasteiger partial charge in [0.15, 0.2) is 0 Å². The van der Waals surface area contributed by atoms with Crippen molar-refractivity contribution in [2.45, 2.75) is 27.4 Å². The third-order valence-electron chi connectivity index (χ3n) is 2.10. The predicted octanol–water partition coefficient (Wildman–Crippen LogP) is 2.19. The lowest BCUT2D eigenvalue weighted by atomic mass is 10.1. The van der Waals surface area contributed by atoms with Gasteiger partial charge in [-0.2, -0.15) is 0 Å². The zero-order valence-electron chi connectivity index (χ0n) is 8.42. The Balaban J connectivity index is 3.05. The summed E-state index contributed by atoms with van der Waals surface area (Å²) in [6, 6.07) is 3.95. The fourth-order valence-electron chi connectivity index (χ4n) is 1.33. The van der Waals surface area contributed by atoms with Crippen LogP contribution in [0.2, 0.25) is 0 Å². The van der Waals surface area contributed by atoms with Crippen LogP contribution in [-0.2, 0) is 6.61 Å². The number of benzene rings is 1. The van der Waals surface area contributed by atoms with Crippen molar-refractivity contribution in [3.05, 3.63) is 28.8 Å². The molecule has 0 saturated heterocycles. The molecule has 1 N–H and O–H groups in total. The first-order valence-electron chi connectivity index (χ1n) is 4.52. The summed E-state index contributed by atoms with van der Waals surface area (Å²) < 4.78 is 5.44. The Morgan fingerprint density at radius 2 is 1.92 bits per heavy atom. The maximum absolute atomic E-state index is 9.02. The maximum atomic E-state index is 9.02. The summed E-state index contributed by atoms with van der Waals surface area (Å²) in [5, 5.41) is 9.02. The minimum Gasteiger partial charge on any atom is -0.494 e. The fraction of sp³-hybridized carbons (Fsp3) is 0.455. The van der Waals surface area contributed by atoms with Crippen LogP contribution in [0.1, 0.15) is 23.6 Å². The summed E-state index contributed by atoms with van der Waals surface area (Å²) in [7, 11) is 0. The summed E-state index contributed by atoms with van der Waals surface area (Å²) in [6.07, 6.45) is 0. The van der Waals surface area contributed by atoms with Crippen molar-refractivity contribution in [2.24, 2.45) is 0 Å². The topological polar surface area (TPSA) is 29.5 Å². The number of hydrogen-bond donors (Lipinski definition) is 1. The molecule has 1 aromatic carbocycles. The van der Waals surface area contributed by atoms with E-state index in [0.29, 0.717) is 6.61 Å². The Bertz CT molecular complexity index is 292. The molecule has 0 bridgehead atoms. The fourth-order valence-corrected chi connectivity index (χ4v) is 1.33. The predicted molar refractivity (Wildman–Crippen MR) is 53.0 cm³/mol. The van der Waals surface area contributed by atoms with Crippen LogP contribution in [0.4, 0.5) is 0 Å². The second-order valence-corrected chi connectivity index (χ2v) is 3.14. The van der Waals surface area contributed by atoms with Crippen LogP contribution < -0.4 is 4.74 Å². The van der Waals surface area contributed by atoms with Gasteiger partial charge in [0.1, 0.15) is 5.75 Å². The van der Waals surface area contributed by atoms with Crippen molar-refractivity contribution >= 4 is 0 Å². The van der Waals surface area contributed by atoms with Gasteiger partial charge in [0.2, 0.25) is 0 Å². The summed E-state index contributed by atoms with van der Waals surface area (Å²) in [4.78, 5) is 0. The van der Waals surface area contributed by atoms with Gasteiger partial charge in [0.25, 0.3) is 0 Å². The van der Waals surface area contributed by atoms with Gasteiger partial charge in [-0.1, -0.05) is 0 Å². The molecule has 0 amide bonds. The SMILES string of the molecule is CCOc1cc(C)c(CO)cc1C. The molecule has 0 aliphatic heterocycles. The van der Waals surface area contributed by atoms with Crippen LogP contribution in [0.5, 0.6) is 5.75 Å². The number of rotatable bonds is 3. The van der Waals surface area contributed by atoms with Crippen LogP contribution in [-0.4, -0.2) is 11.7 Å². The second-order valence-electron chi connectivity index (χ2n) is 3.14. The van der Waals surface area contributed by atoms with Gasteiger partial charge in [-0.15, -0.1) is 0 Å². The van der Waals surface area contributed by atoms with Gasteiger partial charge < -0.3 is 9.84 Å². The molecular formula is C11H16O2. The maximum Gasteiger partial charge on any atom is 0.122 e. The van der Waals surface area contributed by atoms with Crippen LogP contribution in [0.3, 0.4) is 0 Å². The van der Waals surface area contributed by atoms with Gasteiger partial charge in [-0.3, -0.25) is 0 Å². The normalized spacial score (nSPS) is 10.2. The van der Waals surface area contributed by atoms with Crippen molar-refractivity contribution in [1.82, 2.24) is 0 Å². The second kappa shape index (κ2) is 4.28. The van der Waals surface area contributed by atoms with E-state index in [-0.39, 0.29) is 6.61 Å². The van der Waals surface area contributed by atoms with E-state index < -0.39 is 0 Å². The Labute approximate surface area is 79.2 Å². The van der Waals surface area contributed by atoms with E-state index in [4.69, 9.17) is 9.84 Å². The quantitative estimate of drug-likeness (QED) is 0.772. The molecule has 72 valence electrons. The van der Waals surface area contributed by atoms with Crippen LogP contribution >= 0.6 is 0 Å². The third kappa shape index (κ3) is 2.22. The van der Waals surface area contributed by atoms with Crippen LogP contribution in [0.25, 0.3) is 0 Å². The highest BCUT2D eigenvalue weighted by molar-refractivity contribution is 5.41. The zero-order chi connectivity index (χ0) is 9.84. The highest BCUT2D eigenvalue weighted by atomic mass is 16.5. The molecular weight excluding hydrogens is 164 g/mol. The number of aryl methyl sites for hydroxylation is 2. The smallest absolute Gasteiger partial charge is 0.122 e. The number of aliphatic hydroxyl groups is 1. The largest absolute Gasteiger partial charge is 0.494 e. The van der Waals surface area contributed by atoms with Crippen LogP contribution in [0, 0.1) is 13.8 Å². The van der Waals surface area contributed by atoms with E-state index in [1.165, 1.54) is 0 Å². The van der Waals surface area contributed by atoms with Crippen molar-refractivity contribution in [1.29, 1.82) is 0 Å². The summed E-state index contributed by atoms with van der Waals surface area (Å²) in [5.74, 6) is 0.914. The number of hydrogen-bond acceptors (Lipinski definition) is 2. The van der Waals surface area contributed by atoms with E-state index in [9.17, 15) is 0 Å². The Morgan fingerprint density at radius 3 is 2.46 bits per heavy atom.